The van der Waals surface area contributed by atoms with E-state index in [9.17, 15) is 4.79 Å². The number of ketones is 1. The Bertz CT molecular complexity index is 361. The van der Waals surface area contributed by atoms with Crippen molar-refractivity contribution in [3.05, 3.63) is 34.3 Å². The number of Topliss-reactive ketones (excluding diaryl/α,β-unsaturated/α-hetero) is 1. The topological polar surface area (TPSA) is 17.1 Å². The van der Waals surface area contributed by atoms with Gasteiger partial charge in [-0.25, -0.2) is 0 Å². The fourth-order valence-electron chi connectivity index (χ4n) is 0.851. The molecule has 0 aliphatic carbocycles. The lowest BCUT2D eigenvalue weighted by Gasteiger charge is -1.98. The minimum absolute atomic E-state index is 0.0135. The molecule has 0 aliphatic heterocycles. The van der Waals surface area contributed by atoms with E-state index in [2.05, 4.69) is 5.92 Å². The number of hydrogen-bond acceptors (Lipinski definition) is 1. The third kappa shape index (κ3) is 1.66. The molecule has 1 rings (SSSR count). The van der Waals surface area contributed by atoms with Gasteiger partial charge in [0.05, 0.1) is 5.02 Å². The summed E-state index contributed by atoms with van der Waals surface area (Å²) in [4.78, 5) is 10.9. The van der Waals surface area contributed by atoms with Crippen molar-refractivity contribution in [2.45, 2.75) is 6.92 Å². The summed E-state index contributed by atoms with van der Waals surface area (Å²) in [5.41, 5.74) is 1.20. The van der Waals surface area contributed by atoms with Crippen LogP contribution in [-0.2, 0) is 0 Å². The zero-order valence-corrected chi connectivity index (χ0v) is 7.35. The van der Waals surface area contributed by atoms with Crippen LogP contribution in [0.3, 0.4) is 0 Å². The summed E-state index contributed by atoms with van der Waals surface area (Å²) in [6, 6.07) is 4.92. The second-order valence-electron chi connectivity index (χ2n) is 2.40. The normalized spacial score (nSPS) is 9.08. The molecule has 12 heavy (non-hydrogen) atoms. The molecule has 0 N–H and O–H groups in total. The van der Waals surface area contributed by atoms with E-state index in [0.717, 1.165) is 0 Å². The van der Waals surface area contributed by atoms with E-state index in [4.69, 9.17) is 18.0 Å². The Morgan fingerprint density at radius 1 is 1.58 bits per heavy atom. The number of rotatable bonds is 1. The molecular formula is C10H7ClO. The average molecular weight is 179 g/mol. The summed E-state index contributed by atoms with van der Waals surface area (Å²) in [7, 11) is 0. The van der Waals surface area contributed by atoms with Gasteiger partial charge in [0.15, 0.2) is 5.78 Å². The smallest absolute Gasteiger partial charge is 0.159 e. The van der Waals surface area contributed by atoms with Crippen molar-refractivity contribution in [1.29, 1.82) is 0 Å². The molecule has 0 aliphatic rings. The minimum atomic E-state index is -0.0135. The van der Waals surface area contributed by atoms with Gasteiger partial charge < -0.3 is 0 Å². The maximum absolute atomic E-state index is 10.9. The molecule has 2 heteroatoms. The summed E-state index contributed by atoms with van der Waals surface area (Å²) < 4.78 is 0. The quantitative estimate of drug-likeness (QED) is 0.477. The Hall–Kier alpha value is -1.26. The van der Waals surface area contributed by atoms with Crippen LogP contribution >= 0.6 is 11.6 Å². The molecule has 0 saturated carbocycles. The van der Waals surface area contributed by atoms with Gasteiger partial charge in [0.25, 0.3) is 0 Å². The highest BCUT2D eigenvalue weighted by Gasteiger charge is 2.02. The van der Waals surface area contributed by atoms with E-state index in [0.29, 0.717) is 16.1 Å². The van der Waals surface area contributed by atoms with Crippen molar-refractivity contribution in [3.63, 3.8) is 0 Å². The maximum Gasteiger partial charge on any atom is 0.159 e. The first-order chi connectivity index (χ1) is 5.65. The van der Waals surface area contributed by atoms with Crippen LogP contribution in [0.25, 0.3) is 0 Å². The van der Waals surface area contributed by atoms with E-state index in [-0.39, 0.29) is 5.78 Å². The Morgan fingerprint density at radius 2 is 2.25 bits per heavy atom. The SMILES string of the molecule is C#Cc1ccc(C(C)=O)cc1Cl. The van der Waals surface area contributed by atoms with Crippen molar-refractivity contribution >= 4 is 17.4 Å². The molecule has 0 saturated heterocycles. The lowest BCUT2D eigenvalue weighted by atomic mass is 10.1. The van der Waals surface area contributed by atoms with Crippen LogP contribution in [0.4, 0.5) is 0 Å². The molecule has 1 aromatic rings. The predicted molar refractivity (Wildman–Crippen MR) is 49.4 cm³/mol. The van der Waals surface area contributed by atoms with Crippen molar-refractivity contribution in [3.8, 4) is 12.3 Å². The number of terminal acetylenes is 1. The number of benzene rings is 1. The number of halogens is 1. The standard InChI is InChI=1S/C10H7ClO/c1-3-8-4-5-9(7(2)12)6-10(8)11/h1,4-6H,2H3. The van der Waals surface area contributed by atoms with Crippen LogP contribution in [0.15, 0.2) is 18.2 Å². The molecule has 0 amide bonds. The average Bonchev–Trinajstić information content (AvgIpc) is 2.04. The zero-order chi connectivity index (χ0) is 9.14. The second-order valence-corrected chi connectivity index (χ2v) is 2.80. The molecule has 0 fully saturated rings. The Kier molecular flexibility index (Phi) is 2.52. The van der Waals surface area contributed by atoms with Crippen molar-refractivity contribution < 1.29 is 4.79 Å². The van der Waals surface area contributed by atoms with Crippen LogP contribution in [-0.4, -0.2) is 5.78 Å². The molecule has 0 radical (unpaired) electrons. The zero-order valence-electron chi connectivity index (χ0n) is 6.60. The highest BCUT2D eigenvalue weighted by Crippen LogP contribution is 2.16. The lowest BCUT2D eigenvalue weighted by molar-refractivity contribution is 0.101. The van der Waals surface area contributed by atoms with E-state index in [1.54, 1.807) is 18.2 Å². The summed E-state index contributed by atoms with van der Waals surface area (Å²) in [6.07, 6.45) is 5.16. The third-order valence-electron chi connectivity index (χ3n) is 1.53. The highest BCUT2D eigenvalue weighted by atomic mass is 35.5. The van der Waals surface area contributed by atoms with Gasteiger partial charge in [0.2, 0.25) is 0 Å². The van der Waals surface area contributed by atoms with Gasteiger partial charge in [-0.3, -0.25) is 4.79 Å². The predicted octanol–water partition coefficient (Wildman–Crippen LogP) is 2.52. The van der Waals surface area contributed by atoms with Gasteiger partial charge in [0, 0.05) is 11.1 Å². The van der Waals surface area contributed by atoms with Crippen LogP contribution in [0.1, 0.15) is 22.8 Å². The van der Waals surface area contributed by atoms with Crippen LogP contribution < -0.4 is 0 Å². The Morgan fingerprint density at radius 3 is 2.67 bits per heavy atom. The van der Waals surface area contributed by atoms with Crippen LogP contribution in [0.5, 0.6) is 0 Å². The molecule has 0 atom stereocenters. The summed E-state index contributed by atoms with van der Waals surface area (Å²) in [5, 5.41) is 0.449. The molecule has 60 valence electrons. The number of hydrogen-bond donors (Lipinski definition) is 0. The largest absolute Gasteiger partial charge is 0.295 e. The first-order valence-corrected chi connectivity index (χ1v) is 3.80. The van der Waals surface area contributed by atoms with Gasteiger partial charge in [-0.1, -0.05) is 23.6 Å². The van der Waals surface area contributed by atoms with Gasteiger partial charge in [-0.2, -0.15) is 0 Å². The van der Waals surface area contributed by atoms with E-state index < -0.39 is 0 Å². The van der Waals surface area contributed by atoms with E-state index in [1.165, 1.54) is 6.92 Å². The van der Waals surface area contributed by atoms with Crippen LogP contribution in [0.2, 0.25) is 5.02 Å². The third-order valence-corrected chi connectivity index (χ3v) is 1.84. The molecule has 0 spiro atoms. The summed E-state index contributed by atoms with van der Waals surface area (Å²) in [5.74, 6) is 2.40. The van der Waals surface area contributed by atoms with Crippen LogP contribution in [0, 0.1) is 12.3 Å². The fraction of sp³-hybridized carbons (Fsp3) is 0.100. The van der Waals surface area contributed by atoms with Gasteiger partial charge in [-0.05, 0) is 19.1 Å². The lowest BCUT2D eigenvalue weighted by Crippen LogP contribution is -1.91. The first kappa shape index (κ1) is 8.83. The molecule has 0 bridgehead atoms. The summed E-state index contributed by atoms with van der Waals surface area (Å²) in [6.45, 7) is 1.49. The van der Waals surface area contributed by atoms with Gasteiger partial charge in [-0.15, -0.1) is 6.42 Å². The van der Waals surface area contributed by atoms with E-state index >= 15 is 0 Å². The molecule has 1 nitrogen and oxygen atoms in total. The number of carbonyl (C=O) groups excluding carboxylic acids is 1. The van der Waals surface area contributed by atoms with Crippen molar-refractivity contribution in [2.24, 2.45) is 0 Å². The fourth-order valence-corrected chi connectivity index (χ4v) is 1.09. The van der Waals surface area contributed by atoms with E-state index in [1.807, 2.05) is 0 Å². The number of carbonyl (C=O) groups is 1. The molecule has 1 aromatic carbocycles. The van der Waals surface area contributed by atoms with Gasteiger partial charge >= 0.3 is 0 Å². The van der Waals surface area contributed by atoms with Crippen molar-refractivity contribution in [2.75, 3.05) is 0 Å². The Labute approximate surface area is 76.4 Å². The Balaban J connectivity index is 3.21. The molecule has 0 heterocycles. The molecular weight excluding hydrogens is 172 g/mol. The second kappa shape index (κ2) is 3.42. The molecule has 0 aromatic heterocycles. The molecule has 0 unspecified atom stereocenters. The maximum atomic E-state index is 10.9. The minimum Gasteiger partial charge on any atom is -0.295 e. The highest BCUT2D eigenvalue weighted by molar-refractivity contribution is 6.32. The van der Waals surface area contributed by atoms with Crippen molar-refractivity contribution in [1.82, 2.24) is 0 Å². The first-order valence-electron chi connectivity index (χ1n) is 3.42. The monoisotopic (exact) mass is 178 g/mol. The van der Waals surface area contributed by atoms with Gasteiger partial charge in [0.1, 0.15) is 0 Å². The summed E-state index contributed by atoms with van der Waals surface area (Å²) >= 11 is 5.78.